The second kappa shape index (κ2) is 12.2. The van der Waals surface area contributed by atoms with Gasteiger partial charge in [0.25, 0.3) is 5.88 Å². The Morgan fingerprint density at radius 1 is 1.25 bits per heavy atom. The molecule has 0 unspecified atom stereocenters. The van der Waals surface area contributed by atoms with Crippen LogP contribution in [0.5, 0.6) is 5.88 Å². The van der Waals surface area contributed by atoms with Gasteiger partial charge in [0.15, 0.2) is 12.7 Å². The van der Waals surface area contributed by atoms with Crippen LogP contribution in [0.15, 0.2) is 0 Å². The first-order chi connectivity index (χ1) is 15.1. The summed E-state index contributed by atoms with van der Waals surface area (Å²) >= 11 is 6.78. The lowest BCUT2D eigenvalue weighted by Gasteiger charge is -2.37. The van der Waals surface area contributed by atoms with Crippen molar-refractivity contribution in [1.29, 1.82) is 0 Å². The number of hydrogen-bond acceptors (Lipinski definition) is 11. The van der Waals surface area contributed by atoms with Crippen molar-refractivity contribution >= 4 is 47.0 Å². The number of aromatic nitrogens is 2. The average Bonchev–Trinajstić information content (AvgIpc) is 3.22. The number of carbonyl (C=O) groups is 3. The Balaban J connectivity index is 2.12. The lowest BCUT2D eigenvalue weighted by Crippen LogP contribution is -2.51. The molecule has 1 aromatic rings. The minimum Gasteiger partial charge on any atom is -0.470 e. The molecule has 0 spiro atoms. The SMILES string of the molecule is CC(=O)OCC(=O)O[C@H](COc1nsnc1N1CCOCC1)CN(C(=O)CCl)C(C)(C)C. The summed E-state index contributed by atoms with van der Waals surface area (Å²) in [5, 5.41) is 0. The van der Waals surface area contributed by atoms with E-state index in [4.69, 9.17) is 30.5 Å². The topological polar surface area (TPSA) is 120 Å². The Kier molecular flexibility index (Phi) is 9.91. The quantitative estimate of drug-likeness (QED) is 0.346. The Bertz CT molecular complexity index is 780. The maximum atomic E-state index is 12.4. The molecule has 11 nitrogen and oxygen atoms in total. The predicted octanol–water partition coefficient (Wildman–Crippen LogP) is 1.09. The third kappa shape index (κ3) is 8.06. The van der Waals surface area contributed by atoms with E-state index in [1.54, 1.807) is 0 Å². The standard InChI is InChI=1S/C19H29ClN4O7S/c1-13(25)29-12-16(27)31-14(10-24(15(26)9-20)19(2,3)4)11-30-18-17(21-32-22-18)23-5-7-28-8-6-23/h14H,5-12H2,1-4H3/t14-/m0/s1. The highest BCUT2D eigenvalue weighted by molar-refractivity contribution is 6.99. The molecule has 1 amide bonds. The fraction of sp³-hybridized carbons (Fsp3) is 0.737. The lowest BCUT2D eigenvalue weighted by atomic mass is 10.1. The molecular weight excluding hydrogens is 464 g/mol. The van der Waals surface area contributed by atoms with Crippen molar-refractivity contribution in [2.45, 2.75) is 39.3 Å². The van der Waals surface area contributed by atoms with Crippen LogP contribution in [0.3, 0.4) is 0 Å². The number of halogens is 1. The molecule has 1 fully saturated rings. The Labute approximate surface area is 196 Å². The minimum atomic E-state index is -0.858. The summed E-state index contributed by atoms with van der Waals surface area (Å²) in [5.41, 5.74) is -0.576. The maximum absolute atomic E-state index is 12.4. The van der Waals surface area contributed by atoms with Gasteiger partial charge >= 0.3 is 11.9 Å². The lowest BCUT2D eigenvalue weighted by molar-refractivity contribution is -0.164. The van der Waals surface area contributed by atoms with E-state index in [9.17, 15) is 14.4 Å². The van der Waals surface area contributed by atoms with Crippen LogP contribution in [0.2, 0.25) is 0 Å². The summed E-state index contributed by atoms with van der Waals surface area (Å²) in [6, 6.07) is 0. The summed E-state index contributed by atoms with van der Waals surface area (Å²) in [6.07, 6.45) is -0.858. The highest BCUT2D eigenvalue weighted by atomic mass is 35.5. The van der Waals surface area contributed by atoms with E-state index in [0.717, 1.165) is 11.7 Å². The Morgan fingerprint density at radius 2 is 1.94 bits per heavy atom. The van der Waals surface area contributed by atoms with Crippen LogP contribution in [0.4, 0.5) is 5.82 Å². The maximum Gasteiger partial charge on any atom is 0.344 e. The van der Waals surface area contributed by atoms with Gasteiger partial charge in [-0.3, -0.25) is 9.59 Å². The third-order valence-corrected chi connectivity index (χ3v) is 5.19. The van der Waals surface area contributed by atoms with E-state index in [-0.39, 0.29) is 24.9 Å². The molecule has 13 heteroatoms. The van der Waals surface area contributed by atoms with E-state index < -0.39 is 30.2 Å². The summed E-state index contributed by atoms with van der Waals surface area (Å²) < 4.78 is 29.8. The number of amides is 1. The van der Waals surface area contributed by atoms with Gasteiger partial charge in [-0.05, 0) is 20.8 Å². The molecule has 0 saturated carbocycles. The smallest absolute Gasteiger partial charge is 0.344 e. The summed E-state index contributed by atoms with van der Waals surface area (Å²) in [4.78, 5) is 39.1. The van der Waals surface area contributed by atoms with Crippen molar-refractivity contribution in [2.75, 3.05) is 56.8 Å². The second-order valence-electron chi connectivity index (χ2n) is 8.00. The second-order valence-corrected chi connectivity index (χ2v) is 8.80. The monoisotopic (exact) mass is 492 g/mol. The van der Waals surface area contributed by atoms with Crippen molar-refractivity contribution in [3.05, 3.63) is 0 Å². The van der Waals surface area contributed by atoms with Crippen molar-refractivity contribution in [1.82, 2.24) is 13.6 Å². The molecule has 0 bridgehead atoms. The van der Waals surface area contributed by atoms with Gasteiger partial charge in [-0.15, -0.1) is 16.0 Å². The van der Waals surface area contributed by atoms with Gasteiger partial charge in [0.1, 0.15) is 12.5 Å². The zero-order chi connectivity index (χ0) is 23.7. The van der Waals surface area contributed by atoms with Crippen LogP contribution in [-0.4, -0.2) is 95.1 Å². The first kappa shape index (κ1) is 26.1. The van der Waals surface area contributed by atoms with Gasteiger partial charge < -0.3 is 28.7 Å². The van der Waals surface area contributed by atoms with Crippen LogP contribution in [0, 0.1) is 0 Å². The van der Waals surface area contributed by atoms with Crippen LogP contribution < -0.4 is 9.64 Å². The van der Waals surface area contributed by atoms with E-state index in [0.29, 0.717) is 38.0 Å². The molecule has 2 heterocycles. The molecule has 1 aliphatic rings. The number of anilines is 1. The summed E-state index contributed by atoms with van der Waals surface area (Å²) in [5.74, 6) is -0.997. The molecule has 2 rings (SSSR count). The number of ether oxygens (including phenoxy) is 4. The zero-order valence-corrected chi connectivity index (χ0v) is 20.2. The fourth-order valence-corrected chi connectivity index (χ4v) is 3.60. The van der Waals surface area contributed by atoms with E-state index in [1.807, 2.05) is 25.7 Å². The first-order valence-corrected chi connectivity index (χ1v) is 11.4. The molecule has 180 valence electrons. The predicted molar refractivity (Wildman–Crippen MR) is 117 cm³/mol. The zero-order valence-electron chi connectivity index (χ0n) is 18.7. The van der Waals surface area contributed by atoms with Crippen molar-refractivity contribution in [3.8, 4) is 5.88 Å². The van der Waals surface area contributed by atoms with E-state index >= 15 is 0 Å². The van der Waals surface area contributed by atoms with Crippen LogP contribution in [-0.2, 0) is 28.6 Å². The number of rotatable bonds is 10. The van der Waals surface area contributed by atoms with Crippen LogP contribution in [0.25, 0.3) is 0 Å². The molecular formula is C19H29ClN4O7S. The number of hydrogen-bond donors (Lipinski definition) is 0. The number of esters is 2. The van der Waals surface area contributed by atoms with Gasteiger partial charge in [0.05, 0.1) is 31.5 Å². The summed E-state index contributed by atoms with van der Waals surface area (Å²) in [6.45, 7) is 8.60. The van der Waals surface area contributed by atoms with Gasteiger partial charge in [-0.1, -0.05) is 0 Å². The Hall–Kier alpha value is -2.18. The minimum absolute atomic E-state index is 0.0331. The molecule has 0 aromatic carbocycles. The fourth-order valence-electron chi connectivity index (χ4n) is 2.94. The molecule has 1 aromatic heterocycles. The van der Waals surface area contributed by atoms with Crippen LogP contribution >= 0.6 is 23.3 Å². The molecule has 1 aliphatic heterocycles. The van der Waals surface area contributed by atoms with Gasteiger partial charge in [-0.2, -0.15) is 4.37 Å². The van der Waals surface area contributed by atoms with Crippen LogP contribution in [0.1, 0.15) is 27.7 Å². The molecule has 0 aliphatic carbocycles. The number of nitrogens with zero attached hydrogens (tertiary/aromatic N) is 4. The molecule has 0 radical (unpaired) electrons. The first-order valence-electron chi connectivity index (χ1n) is 10.1. The molecule has 1 saturated heterocycles. The number of carbonyl (C=O) groups excluding carboxylic acids is 3. The molecule has 32 heavy (non-hydrogen) atoms. The summed E-state index contributed by atoms with van der Waals surface area (Å²) in [7, 11) is 0. The number of morpholine rings is 1. The van der Waals surface area contributed by atoms with Crippen molar-refractivity contribution in [3.63, 3.8) is 0 Å². The molecule has 1 atom stereocenters. The average molecular weight is 493 g/mol. The number of alkyl halides is 1. The normalized spacial score (nSPS) is 15.1. The highest BCUT2D eigenvalue weighted by Crippen LogP contribution is 2.27. The highest BCUT2D eigenvalue weighted by Gasteiger charge is 2.31. The van der Waals surface area contributed by atoms with Gasteiger partial charge in [0, 0.05) is 25.6 Å². The van der Waals surface area contributed by atoms with Gasteiger partial charge in [-0.25, -0.2) is 4.79 Å². The molecule has 0 N–H and O–H groups in total. The van der Waals surface area contributed by atoms with Crippen molar-refractivity contribution < 1.29 is 33.3 Å². The Morgan fingerprint density at radius 3 is 2.53 bits per heavy atom. The van der Waals surface area contributed by atoms with E-state index in [2.05, 4.69) is 8.75 Å². The largest absolute Gasteiger partial charge is 0.470 e. The van der Waals surface area contributed by atoms with Crippen molar-refractivity contribution in [2.24, 2.45) is 0 Å². The van der Waals surface area contributed by atoms with Gasteiger partial charge in [0.2, 0.25) is 11.7 Å². The van der Waals surface area contributed by atoms with E-state index in [1.165, 1.54) is 11.8 Å². The third-order valence-electron chi connectivity index (χ3n) is 4.46.